The summed E-state index contributed by atoms with van der Waals surface area (Å²) in [6.07, 6.45) is 0.744. The first-order valence-corrected chi connectivity index (χ1v) is 7.76. The zero-order chi connectivity index (χ0) is 17.3. The Hall–Kier alpha value is -2.60. The molecule has 0 saturated heterocycles. The molecule has 2 aromatic rings. The Morgan fingerprint density at radius 2 is 2.00 bits per heavy atom. The molecule has 2 aromatic carbocycles. The van der Waals surface area contributed by atoms with E-state index < -0.39 is 5.82 Å². The van der Waals surface area contributed by atoms with Crippen molar-refractivity contribution in [1.29, 1.82) is 0 Å². The minimum absolute atomic E-state index is 0.122. The van der Waals surface area contributed by atoms with Crippen molar-refractivity contribution >= 4 is 34.9 Å². The van der Waals surface area contributed by atoms with Gasteiger partial charge in [-0.1, -0.05) is 17.7 Å². The summed E-state index contributed by atoms with van der Waals surface area (Å²) in [6, 6.07) is 8.74. The van der Waals surface area contributed by atoms with Gasteiger partial charge in [0.05, 0.1) is 10.7 Å². The van der Waals surface area contributed by atoms with E-state index in [0.29, 0.717) is 23.5 Å². The molecule has 1 aliphatic rings. The maximum absolute atomic E-state index is 13.1. The van der Waals surface area contributed by atoms with Gasteiger partial charge in [0.2, 0.25) is 0 Å². The molecule has 0 bridgehead atoms. The summed E-state index contributed by atoms with van der Waals surface area (Å²) in [5, 5.41) is 5.35. The van der Waals surface area contributed by atoms with E-state index in [-0.39, 0.29) is 17.0 Å². The van der Waals surface area contributed by atoms with Gasteiger partial charge in [-0.05, 0) is 42.3 Å². The Balaban J connectivity index is 1.85. The molecule has 0 fully saturated rings. The fourth-order valence-corrected chi connectivity index (χ4v) is 2.87. The average molecular weight is 348 g/mol. The van der Waals surface area contributed by atoms with Crippen LogP contribution in [0.4, 0.5) is 20.6 Å². The number of nitrogens with one attached hydrogen (secondary N) is 2. The summed E-state index contributed by atoms with van der Waals surface area (Å²) in [7, 11) is 1.56. The van der Waals surface area contributed by atoms with Crippen molar-refractivity contribution < 1.29 is 14.0 Å². The maximum atomic E-state index is 13.1. The van der Waals surface area contributed by atoms with Gasteiger partial charge >= 0.3 is 6.03 Å². The van der Waals surface area contributed by atoms with E-state index in [1.807, 2.05) is 6.07 Å². The summed E-state index contributed by atoms with van der Waals surface area (Å²) in [4.78, 5) is 25.9. The quantitative estimate of drug-likeness (QED) is 0.874. The third kappa shape index (κ3) is 3.05. The number of nitrogens with zero attached hydrogens (tertiary/aromatic N) is 1. The predicted octanol–water partition coefficient (Wildman–Crippen LogP) is 3.43. The molecule has 24 heavy (non-hydrogen) atoms. The number of carbonyl (C=O) groups is 2. The van der Waals surface area contributed by atoms with Crippen LogP contribution >= 0.6 is 11.6 Å². The summed E-state index contributed by atoms with van der Waals surface area (Å²) in [6.45, 7) is 0.573. The van der Waals surface area contributed by atoms with Crippen LogP contribution in [0, 0.1) is 5.82 Å². The highest BCUT2D eigenvalue weighted by Gasteiger charge is 2.25. The van der Waals surface area contributed by atoms with Gasteiger partial charge in [-0.15, -0.1) is 0 Å². The van der Waals surface area contributed by atoms with E-state index in [1.54, 1.807) is 24.1 Å². The molecule has 5 nitrogen and oxygen atoms in total. The highest BCUT2D eigenvalue weighted by Crippen LogP contribution is 2.30. The van der Waals surface area contributed by atoms with Gasteiger partial charge in [0.15, 0.2) is 0 Å². The van der Waals surface area contributed by atoms with Gasteiger partial charge in [-0.2, -0.15) is 0 Å². The fourth-order valence-electron chi connectivity index (χ4n) is 2.65. The first-order chi connectivity index (χ1) is 11.5. The predicted molar refractivity (Wildman–Crippen MR) is 91.3 cm³/mol. The first-order valence-electron chi connectivity index (χ1n) is 7.38. The second-order valence-corrected chi connectivity index (χ2v) is 5.79. The van der Waals surface area contributed by atoms with E-state index >= 15 is 0 Å². The fraction of sp³-hybridized carbons (Fsp3) is 0.176. The number of anilines is 2. The Kier molecular flexibility index (Phi) is 4.40. The monoisotopic (exact) mass is 347 g/mol. The number of carbonyl (C=O) groups excluding carboxylic acids is 2. The van der Waals surface area contributed by atoms with Gasteiger partial charge < -0.3 is 10.6 Å². The lowest BCUT2D eigenvalue weighted by molar-refractivity contribution is 0.102. The highest BCUT2D eigenvalue weighted by atomic mass is 35.5. The number of benzene rings is 2. The molecule has 1 aliphatic heterocycles. The smallest absolute Gasteiger partial charge is 0.321 e. The molecule has 0 atom stereocenters. The molecule has 0 aliphatic carbocycles. The van der Waals surface area contributed by atoms with Crippen molar-refractivity contribution in [1.82, 2.24) is 5.32 Å². The molecule has 3 rings (SSSR count). The van der Waals surface area contributed by atoms with Crippen LogP contribution in [0.5, 0.6) is 0 Å². The molecule has 0 spiro atoms. The second-order valence-electron chi connectivity index (χ2n) is 5.38. The number of hydrogen-bond acceptors (Lipinski definition) is 2. The highest BCUT2D eigenvalue weighted by molar-refractivity contribution is 6.33. The second kappa shape index (κ2) is 6.49. The van der Waals surface area contributed by atoms with Gasteiger partial charge in [0.25, 0.3) is 5.91 Å². The van der Waals surface area contributed by atoms with Gasteiger partial charge in [0, 0.05) is 24.8 Å². The number of fused-ring (bicyclic) bond motifs is 1. The molecule has 7 heteroatoms. The van der Waals surface area contributed by atoms with Crippen LogP contribution in [0.3, 0.4) is 0 Å². The molecule has 2 N–H and O–H groups in total. The summed E-state index contributed by atoms with van der Waals surface area (Å²) >= 11 is 5.92. The van der Waals surface area contributed by atoms with Crippen LogP contribution in [-0.2, 0) is 6.42 Å². The summed E-state index contributed by atoms with van der Waals surface area (Å²) in [5.41, 5.74) is 2.44. The summed E-state index contributed by atoms with van der Waals surface area (Å²) < 4.78 is 13.1. The largest absolute Gasteiger partial charge is 0.341 e. The van der Waals surface area contributed by atoms with E-state index in [2.05, 4.69) is 10.6 Å². The van der Waals surface area contributed by atoms with Crippen molar-refractivity contribution in [3.05, 3.63) is 58.4 Å². The number of halogens is 2. The topological polar surface area (TPSA) is 61.4 Å². The standard InChI is InChI=1S/C17H15ClFN3O2/c1-20-17(24)22-7-6-10-2-3-11(8-15(10)22)16(23)21-14-5-4-12(19)9-13(14)18/h2-5,8-9H,6-7H2,1H3,(H,20,24)(H,21,23). The third-order valence-corrected chi connectivity index (χ3v) is 4.19. The average Bonchev–Trinajstić information content (AvgIpc) is 2.99. The van der Waals surface area contributed by atoms with E-state index in [4.69, 9.17) is 11.6 Å². The number of amides is 3. The van der Waals surface area contributed by atoms with Crippen molar-refractivity contribution in [3.8, 4) is 0 Å². The maximum Gasteiger partial charge on any atom is 0.321 e. The number of rotatable bonds is 2. The van der Waals surface area contributed by atoms with Gasteiger partial charge in [-0.3, -0.25) is 9.69 Å². The van der Waals surface area contributed by atoms with Crippen LogP contribution in [0.1, 0.15) is 15.9 Å². The van der Waals surface area contributed by atoms with E-state index in [0.717, 1.165) is 18.1 Å². The number of urea groups is 1. The molecule has 124 valence electrons. The zero-order valence-electron chi connectivity index (χ0n) is 12.9. The molecule has 3 amide bonds. The van der Waals surface area contributed by atoms with Crippen LogP contribution in [0.2, 0.25) is 5.02 Å². The lowest BCUT2D eigenvalue weighted by atomic mass is 10.1. The molecule has 0 aromatic heterocycles. The lowest BCUT2D eigenvalue weighted by Gasteiger charge is -2.17. The van der Waals surface area contributed by atoms with Crippen molar-refractivity contribution in [2.45, 2.75) is 6.42 Å². The molecular weight excluding hydrogens is 333 g/mol. The molecule has 0 radical (unpaired) electrons. The van der Waals surface area contributed by atoms with Crippen LogP contribution < -0.4 is 15.5 Å². The van der Waals surface area contributed by atoms with E-state index in [1.165, 1.54) is 12.1 Å². The van der Waals surface area contributed by atoms with E-state index in [9.17, 15) is 14.0 Å². The minimum Gasteiger partial charge on any atom is -0.341 e. The number of hydrogen-bond donors (Lipinski definition) is 2. The van der Waals surface area contributed by atoms with Crippen LogP contribution in [0.15, 0.2) is 36.4 Å². The Morgan fingerprint density at radius 3 is 2.71 bits per heavy atom. The molecular formula is C17H15ClFN3O2. The SMILES string of the molecule is CNC(=O)N1CCc2ccc(C(=O)Nc3ccc(F)cc3Cl)cc21. The van der Waals surface area contributed by atoms with Crippen LogP contribution in [0.25, 0.3) is 0 Å². The Morgan fingerprint density at radius 1 is 1.21 bits per heavy atom. The van der Waals surface area contributed by atoms with Crippen molar-refractivity contribution in [3.63, 3.8) is 0 Å². The van der Waals surface area contributed by atoms with Crippen LogP contribution in [-0.4, -0.2) is 25.5 Å². The van der Waals surface area contributed by atoms with Gasteiger partial charge in [-0.25, -0.2) is 9.18 Å². The zero-order valence-corrected chi connectivity index (χ0v) is 13.7. The van der Waals surface area contributed by atoms with Gasteiger partial charge in [0.1, 0.15) is 5.82 Å². The minimum atomic E-state index is -0.475. The third-order valence-electron chi connectivity index (χ3n) is 3.88. The molecule has 0 unspecified atom stereocenters. The summed E-state index contributed by atoms with van der Waals surface area (Å²) in [5.74, 6) is -0.855. The normalized spacial score (nSPS) is 12.7. The molecule has 0 saturated carbocycles. The first kappa shape index (κ1) is 16.3. The molecule has 1 heterocycles. The van der Waals surface area contributed by atoms with Crippen molar-refractivity contribution in [2.24, 2.45) is 0 Å². The lowest BCUT2D eigenvalue weighted by Crippen LogP contribution is -2.36. The Labute approximate surface area is 143 Å². The van der Waals surface area contributed by atoms with Crippen molar-refractivity contribution in [2.75, 3.05) is 23.8 Å². The Bertz CT molecular complexity index is 825.